The van der Waals surface area contributed by atoms with Gasteiger partial charge in [-0.2, -0.15) is 0 Å². The number of rotatable bonds is 14. The zero-order valence-corrected chi connectivity index (χ0v) is 17.2. The summed E-state index contributed by atoms with van der Waals surface area (Å²) in [4.78, 5) is 0. The zero-order chi connectivity index (χ0) is 17.9. The standard InChI is InChI=1S/C18H37O3PS/c1-6-10-12-17(8-3)14-22(19,16(5)23(20)21)15-18(9-4)13-11-7-2/h17-18H,5-15H2,1-4H3,(H,20,21)/p-1. The normalized spacial score (nSPS) is 18.1. The van der Waals surface area contributed by atoms with Crippen LogP contribution in [0.3, 0.4) is 0 Å². The average molecular weight is 364 g/mol. The van der Waals surface area contributed by atoms with Gasteiger partial charge in [0.2, 0.25) is 0 Å². The maximum atomic E-state index is 13.5. The third kappa shape index (κ3) is 8.65. The largest absolute Gasteiger partial charge is 0.768 e. The lowest BCUT2D eigenvalue weighted by molar-refractivity contribution is 0.465. The van der Waals surface area contributed by atoms with Crippen molar-refractivity contribution < 1.29 is 13.3 Å². The Morgan fingerprint density at radius 2 is 1.39 bits per heavy atom. The van der Waals surface area contributed by atoms with E-state index in [1.54, 1.807) is 0 Å². The molecule has 23 heavy (non-hydrogen) atoms. The van der Waals surface area contributed by atoms with Gasteiger partial charge in [0.25, 0.3) is 0 Å². The minimum Gasteiger partial charge on any atom is -0.768 e. The summed E-state index contributed by atoms with van der Waals surface area (Å²) in [6.07, 6.45) is 9.44. The van der Waals surface area contributed by atoms with Crippen LogP contribution < -0.4 is 0 Å². The lowest BCUT2D eigenvalue weighted by atomic mass is 10.0. The number of unbranched alkanes of at least 4 members (excludes halogenated alkanes) is 2. The summed E-state index contributed by atoms with van der Waals surface area (Å²) in [6, 6.07) is 0. The fourth-order valence-electron chi connectivity index (χ4n) is 3.08. The van der Waals surface area contributed by atoms with Gasteiger partial charge in [-0.25, -0.2) is 0 Å². The second kappa shape index (κ2) is 12.4. The quantitative estimate of drug-likeness (QED) is 0.275. The van der Waals surface area contributed by atoms with E-state index in [0.717, 1.165) is 51.4 Å². The highest BCUT2D eigenvalue weighted by molar-refractivity contribution is 7.96. The van der Waals surface area contributed by atoms with Crippen LogP contribution in [0.15, 0.2) is 11.2 Å². The molecule has 0 N–H and O–H groups in total. The highest BCUT2D eigenvalue weighted by Gasteiger charge is 2.32. The van der Waals surface area contributed by atoms with Crippen LogP contribution in [0, 0.1) is 11.8 Å². The molecule has 0 aliphatic carbocycles. The van der Waals surface area contributed by atoms with Gasteiger partial charge < -0.3 is 9.12 Å². The van der Waals surface area contributed by atoms with Crippen molar-refractivity contribution in [3.63, 3.8) is 0 Å². The third-order valence-electron chi connectivity index (χ3n) is 4.84. The summed E-state index contributed by atoms with van der Waals surface area (Å²) in [5.74, 6) is 0.675. The molecule has 0 aliphatic rings. The van der Waals surface area contributed by atoms with E-state index in [1.165, 1.54) is 0 Å². The van der Waals surface area contributed by atoms with Crippen LogP contribution in [0.1, 0.15) is 79.1 Å². The summed E-state index contributed by atoms with van der Waals surface area (Å²) < 4.78 is 36.4. The van der Waals surface area contributed by atoms with Gasteiger partial charge in [-0.3, -0.25) is 4.21 Å². The number of hydrogen-bond acceptors (Lipinski definition) is 3. The lowest BCUT2D eigenvalue weighted by Gasteiger charge is -2.29. The molecule has 5 heteroatoms. The van der Waals surface area contributed by atoms with Crippen molar-refractivity contribution in [1.82, 2.24) is 0 Å². The van der Waals surface area contributed by atoms with Crippen LogP contribution in [0.25, 0.3) is 0 Å². The van der Waals surface area contributed by atoms with Crippen molar-refractivity contribution in [3.8, 4) is 0 Å². The Kier molecular flexibility index (Phi) is 12.5. The van der Waals surface area contributed by atoms with Crippen LogP contribution in [-0.2, 0) is 15.6 Å². The molecule has 0 fully saturated rings. The highest BCUT2D eigenvalue weighted by atomic mass is 32.2. The van der Waals surface area contributed by atoms with Crippen LogP contribution in [0.2, 0.25) is 0 Å². The molecule has 3 unspecified atom stereocenters. The van der Waals surface area contributed by atoms with Gasteiger partial charge >= 0.3 is 0 Å². The van der Waals surface area contributed by atoms with Crippen molar-refractivity contribution in [3.05, 3.63) is 11.2 Å². The second-order valence-electron chi connectivity index (χ2n) is 6.72. The fourth-order valence-corrected chi connectivity index (χ4v) is 7.72. The first-order chi connectivity index (χ1) is 10.8. The zero-order valence-electron chi connectivity index (χ0n) is 15.5. The van der Waals surface area contributed by atoms with Crippen LogP contribution in [0.5, 0.6) is 0 Å². The van der Waals surface area contributed by atoms with Crippen LogP contribution >= 0.6 is 7.14 Å². The molecule has 138 valence electrons. The molecule has 0 heterocycles. The van der Waals surface area contributed by atoms with Gasteiger partial charge in [0.1, 0.15) is 7.14 Å². The first kappa shape index (κ1) is 23.1. The van der Waals surface area contributed by atoms with E-state index in [4.69, 9.17) is 0 Å². The molecular weight excluding hydrogens is 327 g/mol. The topological polar surface area (TPSA) is 57.2 Å². The molecule has 0 aliphatic heterocycles. The Labute approximate surface area is 146 Å². The molecular formula is C18H36O3PS-. The molecule has 0 spiro atoms. The molecule has 0 rings (SSSR count). The Hall–Kier alpha value is 0.0800. The molecule has 0 radical (unpaired) electrons. The number of hydrogen-bond donors (Lipinski definition) is 0. The third-order valence-corrected chi connectivity index (χ3v) is 9.79. The van der Waals surface area contributed by atoms with Gasteiger partial charge in [0.15, 0.2) is 0 Å². The van der Waals surface area contributed by atoms with E-state index in [2.05, 4.69) is 34.3 Å². The van der Waals surface area contributed by atoms with Gasteiger partial charge in [0.05, 0.1) is 4.65 Å². The van der Waals surface area contributed by atoms with Crippen molar-refractivity contribution in [2.75, 3.05) is 12.3 Å². The summed E-state index contributed by atoms with van der Waals surface area (Å²) in [6.45, 7) is 12.2. The van der Waals surface area contributed by atoms with E-state index in [1.807, 2.05) is 0 Å². The van der Waals surface area contributed by atoms with Gasteiger partial charge in [0, 0.05) is 12.3 Å². The predicted octanol–water partition coefficient (Wildman–Crippen LogP) is 6.13. The lowest BCUT2D eigenvalue weighted by Crippen LogP contribution is -2.15. The van der Waals surface area contributed by atoms with Crippen LogP contribution in [0.4, 0.5) is 0 Å². The summed E-state index contributed by atoms with van der Waals surface area (Å²) in [7, 11) is -2.90. The first-order valence-electron chi connectivity index (χ1n) is 9.21. The van der Waals surface area contributed by atoms with E-state index >= 15 is 0 Å². The van der Waals surface area contributed by atoms with Gasteiger partial charge in [-0.05, 0) is 22.9 Å². The summed E-state index contributed by atoms with van der Waals surface area (Å²) in [5.41, 5.74) is 0. The molecule has 0 saturated carbocycles. The van der Waals surface area contributed by atoms with E-state index in [9.17, 15) is 13.3 Å². The van der Waals surface area contributed by atoms with E-state index in [0.29, 0.717) is 24.2 Å². The molecule has 0 amide bonds. The first-order valence-corrected chi connectivity index (χ1v) is 12.4. The predicted molar refractivity (Wildman–Crippen MR) is 102 cm³/mol. The highest BCUT2D eigenvalue weighted by Crippen LogP contribution is 2.58. The SMILES string of the molecule is C=C(S(=O)[O-])P(=O)(CC(CC)CCCC)CC(CC)CCCC. The van der Waals surface area contributed by atoms with E-state index < -0.39 is 18.2 Å². The fraction of sp³-hybridized carbons (Fsp3) is 0.889. The van der Waals surface area contributed by atoms with Crippen LogP contribution in [-0.4, -0.2) is 21.1 Å². The Balaban J connectivity index is 5.18. The van der Waals surface area contributed by atoms with Crippen molar-refractivity contribution in [2.24, 2.45) is 11.8 Å². The molecule has 0 aromatic rings. The van der Waals surface area contributed by atoms with Crippen molar-refractivity contribution in [1.29, 1.82) is 0 Å². The Morgan fingerprint density at radius 3 is 1.65 bits per heavy atom. The second-order valence-corrected chi connectivity index (χ2v) is 11.0. The molecule has 0 saturated heterocycles. The minimum absolute atomic E-state index is 0.0256. The van der Waals surface area contributed by atoms with Gasteiger partial charge in [-0.15, -0.1) is 0 Å². The Bertz CT molecular complexity index is 387. The maximum absolute atomic E-state index is 13.5. The van der Waals surface area contributed by atoms with Crippen molar-refractivity contribution in [2.45, 2.75) is 79.1 Å². The van der Waals surface area contributed by atoms with Gasteiger partial charge in [-0.1, -0.05) is 85.6 Å². The smallest absolute Gasteiger partial charge is 0.123 e. The summed E-state index contributed by atoms with van der Waals surface area (Å²) in [5, 5.41) is 0. The van der Waals surface area contributed by atoms with Crippen molar-refractivity contribution >= 4 is 18.2 Å². The molecule has 3 atom stereocenters. The maximum Gasteiger partial charge on any atom is 0.123 e. The monoisotopic (exact) mass is 363 g/mol. The molecule has 0 bridgehead atoms. The minimum atomic E-state index is -2.90. The average Bonchev–Trinajstić information content (AvgIpc) is 2.54. The Morgan fingerprint density at radius 1 is 1.00 bits per heavy atom. The van der Waals surface area contributed by atoms with E-state index in [-0.39, 0.29) is 4.65 Å². The molecule has 0 aromatic carbocycles. The molecule has 0 aromatic heterocycles. The summed E-state index contributed by atoms with van der Waals surface area (Å²) >= 11 is -2.44. The molecule has 3 nitrogen and oxygen atoms in total.